The Bertz CT molecular complexity index is 747. The Morgan fingerprint density at radius 3 is 2.76 bits per heavy atom. The minimum atomic E-state index is -3.62. The van der Waals surface area contributed by atoms with Gasteiger partial charge in [0.1, 0.15) is 18.0 Å². The van der Waals surface area contributed by atoms with Crippen LogP contribution in [0.5, 0.6) is 0 Å². The van der Waals surface area contributed by atoms with Crippen molar-refractivity contribution in [2.45, 2.75) is 25.8 Å². The van der Waals surface area contributed by atoms with Crippen LogP contribution in [0.4, 0.5) is 16.4 Å². The summed E-state index contributed by atoms with van der Waals surface area (Å²) in [6, 6.07) is -0.168. The third kappa shape index (κ3) is 4.35. The Morgan fingerprint density at radius 2 is 2.08 bits per heavy atom. The Kier molecular flexibility index (Phi) is 5.06. The average molecular weight is 369 g/mol. The molecule has 2 amide bonds. The van der Waals surface area contributed by atoms with Gasteiger partial charge in [-0.05, 0) is 25.2 Å². The zero-order chi connectivity index (χ0) is 18.0. The lowest BCUT2D eigenvalue weighted by Gasteiger charge is -2.35. The van der Waals surface area contributed by atoms with Crippen molar-refractivity contribution in [1.82, 2.24) is 19.6 Å². The molecule has 0 unspecified atom stereocenters. The lowest BCUT2D eigenvalue weighted by Crippen LogP contribution is -2.40. The average Bonchev–Trinajstić information content (AvgIpc) is 2.55. The largest absolute Gasteiger partial charge is 0.356 e. The van der Waals surface area contributed by atoms with Gasteiger partial charge in [-0.25, -0.2) is 24.6 Å². The van der Waals surface area contributed by atoms with Gasteiger partial charge in [0.25, 0.3) is 10.2 Å². The molecule has 0 saturated carbocycles. The number of urea groups is 1. The van der Waals surface area contributed by atoms with Gasteiger partial charge in [-0.15, -0.1) is 0 Å². The van der Waals surface area contributed by atoms with Gasteiger partial charge in [0, 0.05) is 26.7 Å². The smallest absolute Gasteiger partial charge is 0.323 e. The van der Waals surface area contributed by atoms with Crippen LogP contribution in [0.3, 0.4) is 0 Å². The second-order valence-corrected chi connectivity index (χ2v) is 7.85. The highest BCUT2D eigenvalue weighted by molar-refractivity contribution is 7.87. The number of rotatable bonds is 5. The Hall–Kier alpha value is -1.98. The summed E-state index contributed by atoms with van der Waals surface area (Å²) in [6.07, 6.45) is 4.15. The molecule has 138 valence electrons. The van der Waals surface area contributed by atoms with Crippen molar-refractivity contribution in [3.8, 4) is 0 Å². The maximum atomic E-state index is 11.7. The highest BCUT2D eigenvalue weighted by atomic mass is 32.2. The first kappa shape index (κ1) is 17.8. The number of carbonyl (C=O) groups excluding carboxylic acids is 1. The van der Waals surface area contributed by atoms with Crippen molar-refractivity contribution in [2.24, 2.45) is 11.1 Å². The fourth-order valence-corrected chi connectivity index (χ4v) is 3.68. The molecule has 0 bridgehead atoms. The first-order chi connectivity index (χ1) is 11.8. The van der Waals surface area contributed by atoms with E-state index in [1.54, 1.807) is 11.9 Å². The lowest BCUT2D eigenvalue weighted by atomic mass is 9.93. The summed E-state index contributed by atoms with van der Waals surface area (Å²) < 4.78 is 24.1. The molecule has 2 aliphatic heterocycles. The minimum Gasteiger partial charge on any atom is -0.356 e. The summed E-state index contributed by atoms with van der Waals surface area (Å²) in [5, 5.41) is 7.71. The summed E-state index contributed by atoms with van der Waals surface area (Å²) in [5.74, 6) is 1.89. The van der Waals surface area contributed by atoms with E-state index in [4.69, 9.17) is 5.14 Å². The maximum absolute atomic E-state index is 11.7. The number of amides is 2. The van der Waals surface area contributed by atoms with Crippen molar-refractivity contribution in [3.63, 3.8) is 0 Å². The molecule has 1 saturated heterocycles. The predicted molar refractivity (Wildman–Crippen MR) is 93.2 cm³/mol. The molecule has 1 aromatic rings. The number of nitrogens with two attached hydrogens (primary N) is 1. The van der Waals surface area contributed by atoms with Crippen LogP contribution in [0.1, 0.15) is 24.8 Å². The predicted octanol–water partition coefficient (Wildman–Crippen LogP) is -0.146. The molecule has 3 rings (SSSR count). The Balaban J connectivity index is 1.60. The van der Waals surface area contributed by atoms with Crippen LogP contribution in [0, 0.1) is 5.92 Å². The zero-order valence-electron chi connectivity index (χ0n) is 14.1. The SMILES string of the molecule is CN1Cc2c(ncnc2N2CCC(CCNS(N)(=O)=O)CC2)NC1=O. The van der Waals surface area contributed by atoms with E-state index in [1.165, 1.54) is 6.33 Å². The number of anilines is 2. The maximum Gasteiger partial charge on any atom is 0.323 e. The quantitative estimate of drug-likeness (QED) is 0.661. The first-order valence-electron chi connectivity index (χ1n) is 8.22. The Labute approximate surface area is 147 Å². The van der Waals surface area contributed by atoms with E-state index in [0.717, 1.165) is 43.7 Å². The molecule has 10 nitrogen and oxygen atoms in total. The van der Waals surface area contributed by atoms with Crippen molar-refractivity contribution < 1.29 is 13.2 Å². The monoisotopic (exact) mass is 369 g/mol. The third-order valence-electron chi connectivity index (χ3n) is 4.66. The first-order valence-corrected chi connectivity index (χ1v) is 9.76. The molecule has 3 heterocycles. The number of nitrogens with zero attached hydrogens (tertiary/aromatic N) is 4. The van der Waals surface area contributed by atoms with Crippen molar-refractivity contribution in [2.75, 3.05) is 36.9 Å². The third-order valence-corrected chi connectivity index (χ3v) is 5.27. The molecular weight excluding hydrogens is 346 g/mol. The van der Waals surface area contributed by atoms with Crippen molar-refractivity contribution >= 4 is 27.9 Å². The zero-order valence-corrected chi connectivity index (χ0v) is 14.9. The topological polar surface area (TPSA) is 134 Å². The molecule has 2 aliphatic rings. The van der Waals surface area contributed by atoms with Crippen LogP contribution in [0.2, 0.25) is 0 Å². The summed E-state index contributed by atoms with van der Waals surface area (Å²) in [7, 11) is -1.88. The van der Waals surface area contributed by atoms with Crippen molar-refractivity contribution in [3.05, 3.63) is 11.9 Å². The van der Waals surface area contributed by atoms with E-state index in [1.807, 2.05) is 0 Å². The fraction of sp³-hybridized carbons (Fsp3) is 0.643. The summed E-state index contributed by atoms with van der Waals surface area (Å²) in [6.45, 7) is 2.51. The van der Waals surface area contributed by atoms with Gasteiger partial charge < -0.3 is 9.80 Å². The number of fused-ring (bicyclic) bond motifs is 1. The van der Waals surface area contributed by atoms with E-state index < -0.39 is 10.2 Å². The van der Waals surface area contributed by atoms with Gasteiger partial charge in [-0.1, -0.05) is 0 Å². The van der Waals surface area contributed by atoms with Crippen LogP contribution in [0.15, 0.2) is 6.33 Å². The van der Waals surface area contributed by atoms with E-state index in [-0.39, 0.29) is 6.03 Å². The normalized spacial score (nSPS) is 18.9. The highest BCUT2D eigenvalue weighted by Gasteiger charge is 2.28. The molecule has 0 spiro atoms. The van der Waals surface area contributed by atoms with Crippen LogP contribution in [-0.2, 0) is 16.8 Å². The number of nitrogens with one attached hydrogen (secondary N) is 2. The molecule has 25 heavy (non-hydrogen) atoms. The van der Waals surface area contributed by atoms with Gasteiger partial charge in [0.05, 0.1) is 12.1 Å². The molecule has 0 atom stereocenters. The van der Waals surface area contributed by atoms with Crippen LogP contribution in [0.25, 0.3) is 0 Å². The van der Waals surface area contributed by atoms with Gasteiger partial charge in [-0.3, -0.25) is 5.32 Å². The molecule has 0 aliphatic carbocycles. The van der Waals surface area contributed by atoms with E-state index in [9.17, 15) is 13.2 Å². The summed E-state index contributed by atoms with van der Waals surface area (Å²) in [5.41, 5.74) is 0.930. The highest BCUT2D eigenvalue weighted by Crippen LogP contribution is 2.31. The second kappa shape index (κ2) is 7.10. The van der Waals surface area contributed by atoms with Crippen LogP contribution in [-0.4, -0.2) is 56.0 Å². The van der Waals surface area contributed by atoms with Gasteiger partial charge in [0.15, 0.2) is 0 Å². The van der Waals surface area contributed by atoms with E-state index in [0.29, 0.717) is 24.8 Å². The Morgan fingerprint density at radius 1 is 1.36 bits per heavy atom. The standard InChI is InChI=1S/C14H23N7O3S/c1-20-8-11-12(19-14(20)22)16-9-17-13(11)21-6-3-10(4-7-21)2-5-18-25(15,23)24/h9-10,18H,2-8H2,1H3,(H2,15,23,24)(H,16,17,19,22). The fourth-order valence-electron chi connectivity index (χ4n) is 3.27. The lowest BCUT2D eigenvalue weighted by molar-refractivity contribution is 0.218. The number of piperidine rings is 1. The van der Waals surface area contributed by atoms with E-state index in [2.05, 4.69) is 24.9 Å². The van der Waals surface area contributed by atoms with Crippen LogP contribution < -0.4 is 20.1 Å². The van der Waals surface area contributed by atoms with Gasteiger partial charge >= 0.3 is 6.03 Å². The molecule has 1 fully saturated rings. The summed E-state index contributed by atoms with van der Waals surface area (Å²) >= 11 is 0. The minimum absolute atomic E-state index is 0.168. The number of hydrogen-bond donors (Lipinski definition) is 3. The number of hydrogen-bond acceptors (Lipinski definition) is 6. The van der Waals surface area contributed by atoms with Crippen molar-refractivity contribution in [1.29, 1.82) is 0 Å². The van der Waals surface area contributed by atoms with Gasteiger partial charge in [0.2, 0.25) is 0 Å². The van der Waals surface area contributed by atoms with Crippen LogP contribution >= 0.6 is 0 Å². The molecule has 1 aromatic heterocycles. The molecule has 0 radical (unpaired) electrons. The van der Waals surface area contributed by atoms with E-state index >= 15 is 0 Å². The second-order valence-electron chi connectivity index (χ2n) is 6.47. The summed E-state index contributed by atoms with van der Waals surface area (Å²) in [4.78, 5) is 24.1. The molecule has 11 heteroatoms. The number of aromatic nitrogens is 2. The molecular formula is C14H23N7O3S. The molecule has 0 aromatic carbocycles. The number of carbonyl (C=O) groups is 1. The molecule has 4 N–H and O–H groups in total. The van der Waals surface area contributed by atoms with Gasteiger partial charge in [-0.2, -0.15) is 8.42 Å².